The topological polar surface area (TPSA) is 20.2 Å². The first-order chi connectivity index (χ1) is 7.68. The quantitative estimate of drug-likeness (QED) is 0.764. The molecule has 0 saturated heterocycles. The van der Waals surface area contributed by atoms with Crippen LogP contribution in [-0.2, 0) is 6.42 Å². The lowest BCUT2D eigenvalue weighted by Gasteiger charge is -2.60. The van der Waals surface area contributed by atoms with Gasteiger partial charge in [-0.15, -0.1) is 0 Å². The smallest absolute Gasteiger partial charge is 0.0633 e. The van der Waals surface area contributed by atoms with Crippen LogP contribution in [0.2, 0.25) is 0 Å². The highest BCUT2D eigenvalue weighted by Gasteiger charge is 2.58. The lowest BCUT2D eigenvalue weighted by atomic mass is 9.46. The second-order valence-electron chi connectivity index (χ2n) is 5.68. The van der Waals surface area contributed by atoms with E-state index in [-0.39, 0.29) is 11.5 Å². The molecule has 1 fully saturated rings. The Bertz CT molecular complexity index is 412. The summed E-state index contributed by atoms with van der Waals surface area (Å²) in [6.45, 7) is 4.46. The molecule has 4 atom stereocenters. The molecule has 1 saturated carbocycles. The fourth-order valence-corrected chi connectivity index (χ4v) is 3.95. The largest absolute Gasteiger partial charge is 0.392 e. The van der Waals surface area contributed by atoms with Crippen LogP contribution >= 0.6 is 0 Å². The highest BCUT2D eigenvalue weighted by molar-refractivity contribution is 5.39. The minimum absolute atomic E-state index is 0.0872. The Balaban J connectivity index is 2.05. The Morgan fingerprint density at radius 3 is 2.88 bits per heavy atom. The average molecular weight is 216 g/mol. The molecule has 0 spiro atoms. The molecule has 4 unspecified atom stereocenters. The van der Waals surface area contributed by atoms with E-state index in [9.17, 15) is 5.11 Å². The molecule has 0 heterocycles. The monoisotopic (exact) mass is 216 g/mol. The van der Waals surface area contributed by atoms with E-state index in [4.69, 9.17) is 0 Å². The van der Waals surface area contributed by atoms with E-state index >= 15 is 0 Å². The van der Waals surface area contributed by atoms with Gasteiger partial charge in [0.1, 0.15) is 0 Å². The second-order valence-corrected chi connectivity index (χ2v) is 5.68. The van der Waals surface area contributed by atoms with Gasteiger partial charge in [0.25, 0.3) is 0 Å². The summed E-state index contributed by atoms with van der Waals surface area (Å²) in [5.41, 5.74) is 3.13. The maximum Gasteiger partial charge on any atom is 0.0633 e. The lowest BCUT2D eigenvalue weighted by molar-refractivity contribution is -0.142. The second kappa shape index (κ2) is 3.33. The summed E-state index contributed by atoms with van der Waals surface area (Å²) in [7, 11) is 0. The van der Waals surface area contributed by atoms with E-state index in [2.05, 4.69) is 38.1 Å². The Morgan fingerprint density at radius 1 is 1.38 bits per heavy atom. The predicted molar refractivity (Wildman–Crippen MR) is 65.4 cm³/mol. The van der Waals surface area contributed by atoms with E-state index in [0.29, 0.717) is 11.8 Å². The highest BCUT2D eigenvalue weighted by atomic mass is 16.3. The molecule has 16 heavy (non-hydrogen) atoms. The van der Waals surface area contributed by atoms with Crippen molar-refractivity contribution in [3.8, 4) is 0 Å². The van der Waals surface area contributed by atoms with E-state index in [1.54, 1.807) is 0 Å². The molecule has 1 aromatic carbocycles. The molecule has 0 aliphatic heterocycles. The number of hydrogen-bond donors (Lipinski definition) is 1. The first-order valence-corrected chi connectivity index (χ1v) is 6.44. The van der Waals surface area contributed by atoms with Gasteiger partial charge in [0, 0.05) is 5.41 Å². The zero-order chi connectivity index (χ0) is 11.3. The van der Waals surface area contributed by atoms with Crippen LogP contribution in [-0.4, -0.2) is 11.2 Å². The van der Waals surface area contributed by atoms with Crippen LogP contribution in [0.4, 0.5) is 0 Å². The fourth-order valence-electron chi connectivity index (χ4n) is 3.95. The first kappa shape index (κ1) is 10.3. The van der Waals surface area contributed by atoms with E-state index < -0.39 is 0 Å². The third-order valence-corrected chi connectivity index (χ3v) is 5.12. The Morgan fingerprint density at radius 2 is 2.12 bits per heavy atom. The molecule has 0 radical (unpaired) electrons. The van der Waals surface area contributed by atoms with Crippen molar-refractivity contribution in [3.05, 3.63) is 35.4 Å². The van der Waals surface area contributed by atoms with Crippen LogP contribution in [0.15, 0.2) is 24.3 Å². The normalized spacial score (nSPS) is 40.8. The Hall–Kier alpha value is -0.820. The summed E-state index contributed by atoms with van der Waals surface area (Å²) >= 11 is 0. The van der Waals surface area contributed by atoms with Gasteiger partial charge in [-0.3, -0.25) is 0 Å². The van der Waals surface area contributed by atoms with Crippen molar-refractivity contribution in [2.75, 3.05) is 0 Å². The summed E-state index contributed by atoms with van der Waals surface area (Å²) in [6, 6.07) is 8.80. The number of aryl methyl sites for hydroxylation is 1. The number of hydrogen-bond acceptors (Lipinski definition) is 1. The molecule has 0 aromatic heterocycles. The molecule has 1 heteroatoms. The molecular weight excluding hydrogens is 196 g/mol. The van der Waals surface area contributed by atoms with Crippen molar-refractivity contribution in [2.24, 2.45) is 11.3 Å². The van der Waals surface area contributed by atoms with Gasteiger partial charge in [0.2, 0.25) is 0 Å². The molecule has 86 valence electrons. The summed E-state index contributed by atoms with van der Waals surface area (Å²) in [4.78, 5) is 0. The maximum absolute atomic E-state index is 10.3. The van der Waals surface area contributed by atoms with Gasteiger partial charge in [0.15, 0.2) is 0 Å². The molecule has 1 nitrogen and oxygen atoms in total. The molecule has 2 aliphatic carbocycles. The Kier molecular flexibility index (Phi) is 2.16. The number of benzene rings is 1. The molecule has 1 aromatic rings. The van der Waals surface area contributed by atoms with Crippen molar-refractivity contribution in [1.82, 2.24) is 0 Å². The van der Waals surface area contributed by atoms with Crippen LogP contribution in [0.5, 0.6) is 0 Å². The molecule has 2 aliphatic rings. The number of aliphatic hydroxyl groups is 1. The third kappa shape index (κ3) is 1.10. The third-order valence-electron chi connectivity index (χ3n) is 5.12. The molecular formula is C15H20O. The zero-order valence-electron chi connectivity index (χ0n) is 10.1. The number of fused-ring (bicyclic) bond motifs is 3. The highest BCUT2D eigenvalue weighted by Crippen LogP contribution is 2.62. The van der Waals surface area contributed by atoms with Crippen molar-refractivity contribution in [2.45, 2.75) is 45.1 Å². The lowest BCUT2D eigenvalue weighted by Crippen LogP contribution is -2.58. The number of aliphatic hydroxyl groups excluding tert-OH is 1. The minimum atomic E-state index is -0.0872. The van der Waals surface area contributed by atoms with Crippen LogP contribution in [0.3, 0.4) is 0 Å². The summed E-state index contributed by atoms with van der Waals surface area (Å²) in [5, 5.41) is 10.3. The van der Waals surface area contributed by atoms with Crippen LogP contribution in [0.1, 0.15) is 43.7 Å². The minimum Gasteiger partial charge on any atom is -0.392 e. The fraction of sp³-hybridized carbons (Fsp3) is 0.600. The van der Waals surface area contributed by atoms with E-state index in [1.807, 2.05) is 0 Å². The summed E-state index contributed by atoms with van der Waals surface area (Å²) in [6.07, 6.45) is 3.30. The van der Waals surface area contributed by atoms with Crippen LogP contribution < -0.4 is 0 Å². The Labute approximate surface area is 97.5 Å². The van der Waals surface area contributed by atoms with Crippen LogP contribution in [0.25, 0.3) is 0 Å². The van der Waals surface area contributed by atoms with Gasteiger partial charge >= 0.3 is 0 Å². The standard InChI is InChI=1S/C15H20O/c1-3-15(2)13-11-7-5-4-6-10(11)8-9-12(13)14(15)16/h4-7,12-14,16H,3,8-9H2,1-2H3. The van der Waals surface area contributed by atoms with Crippen molar-refractivity contribution >= 4 is 0 Å². The van der Waals surface area contributed by atoms with Gasteiger partial charge in [-0.1, -0.05) is 38.1 Å². The van der Waals surface area contributed by atoms with Crippen molar-refractivity contribution < 1.29 is 5.11 Å². The summed E-state index contributed by atoms with van der Waals surface area (Å²) < 4.78 is 0. The van der Waals surface area contributed by atoms with Crippen molar-refractivity contribution in [1.29, 1.82) is 0 Å². The summed E-state index contributed by atoms with van der Waals surface area (Å²) in [5.74, 6) is 1.11. The average Bonchev–Trinajstić information content (AvgIpc) is 2.35. The van der Waals surface area contributed by atoms with Gasteiger partial charge < -0.3 is 5.11 Å². The van der Waals surface area contributed by atoms with Gasteiger partial charge in [-0.2, -0.15) is 0 Å². The van der Waals surface area contributed by atoms with Gasteiger partial charge in [-0.05, 0) is 42.2 Å². The number of rotatable bonds is 1. The van der Waals surface area contributed by atoms with E-state index in [1.165, 1.54) is 17.5 Å². The molecule has 1 N–H and O–H groups in total. The molecule has 0 amide bonds. The predicted octanol–water partition coefficient (Wildman–Crippen LogP) is 3.12. The maximum atomic E-state index is 10.3. The van der Waals surface area contributed by atoms with Crippen molar-refractivity contribution in [3.63, 3.8) is 0 Å². The zero-order valence-corrected chi connectivity index (χ0v) is 10.1. The SMILES string of the molecule is CCC1(C)C(O)C2CCc3ccccc3C21. The van der Waals surface area contributed by atoms with Gasteiger partial charge in [0.05, 0.1) is 6.10 Å². The van der Waals surface area contributed by atoms with Gasteiger partial charge in [-0.25, -0.2) is 0 Å². The molecule has 3 rings (SSSR count). The van der Waals surface area contributed by atoms with Crippen LogP contribution in [0, 0.1) is 11.3 Å². The van der Waals surface area contributed by atoms with E-state index in [0.717, 1.165) is 12.8 Å². The first-order valence-electron chi connectivity index (χ1n) is 6.44. The molecule has 0 bridgehead atoms.